The van der Waals surface area contributed by atoms with Gasteiger partial charge < -0.3 is 8.98 Å². The minimum atomic E-state index is 0.587. The minimum Gasteiger partial charge on any atom is -0.456 e. The monoisotopic (exact) mass is 640 g/mol. The first-order chi connectivity index (χ1) is 24.8. The van der Waals surface area contributed by atoms with Gasteiger partial charge in [-0.05, 0) is 71.8 Å². The van der Waals surface area contributed by atoms with Crippen LogP contribution in [0.4, 0.5) is 0 Å². The molecule has 50 heavy (non-hydrogen) atoms. The number of furan rings is 1. The molecule has 0 spiro atoms. The van der Waals surface area contributed by atoms with Crippen LogP contribution in [0.25, 0.3) is 94.7 Å². The van der Waals surface area contributed by atoms with E-state index in [1.165, 1.54) is 5.39 Å². The van der Waals surface area contributed by atoms with Crippen LogP contribution in [-0.4, -0.2) is 19.5 Å². The molecule has 0 saturated carbocycles. The molecule has 0 N–H and O–H groups in total. The normalized spacial score (nSPS) is 11.6. The molecule has 10 aromatic rings. The van der Waals surface area contributed by atoms with E-state index >= 15 is 0 Å². The molecule has 0 fully saturated rings. The molecule has 0 unspecified atom stereocenters. The maximum Gasteiger partial charge on any atom is 0.164 e. The van der Waals surface area contributed by atoms with Gasteiger partial charge in [0.05, 0.1) is 11.0 Å². The van der Waals surface area contributed by atoms with Crippen LogP contribution in [0, 0.1) is 0 Å². The molecule has 0 aliphatic rings. The number of hydrogen-bond acceptors (Lipinski definition) is 4. The van der Waals surface area contributed by atoms with E-state index in [-0.39, 0.29) is 0 Å². The molecule has 0 bridgehead atoms. The molecule has 5 heteroatoms. The van der Waals surface area contributed by atoms with E-state index in [1.807, 2.05) is 36.4 Å². The smallest absolute Gasteiger partial charge is 0.164 e. The quantitative estimate of drug-likeness (QED) is 0.188. The molecule has 7 aromatic carbocycles. The molecule has 234 valence electrons. The summed E-state index contributed by atoms with van der Waals surface area (Å²) in [6.07, 6.45) is 0. The van der Waals surface area contributed by atoms with E-state index in [4.69, 9.17) is 19.4 Å². The predicted octanol–water partition coefficient (Wildman–Crippen LogP) is 11.5. The molecular weight excluding hydrogens is 613 g/mol. The van der Waals surface area contributed by atoms with Crippen molar-refractivity contribution >= 4 is 43.7 Å². The zero-order valence-electron chi connectivity index (χ0n) is 26.9. The summed E-state index contributed by atoms with van der Waals surface area (Å²) in [5.74, 6) is 1.81. The fraction of sp³-hybridized carbons (Fsp3) is 0. The highest BCUT2D eigenvalue weighted by Crippen LogP contribution is 2.36. The number of fused-ring (bicyclic) bond motifs is 6. The molecule has 3 aromatic heterocycles. The summed E-state index contributed by atoms with van der Waals surface area (Å²) in [5.41, 5.74) is 10.0. The second-order valence-corrected chi connectivity index (χ2v) is 12.5. The Balaban J connectivity index is 1.18. The van der Waals surface area contributed by atoms with Crippen LogP contribution in [0.2, 0.25) is 0 Å². The van der Waals surface area contributed by atoms with Gasteiger partial charge in [0.2, 0.25) is 0 Å². The Morgan fingerprint density at radius 3 is 1.70 bits per heavy atom. The first-order valence-electron chi connectivity index (χ1n) is 16.7. The van der Waals surface area contributed by atoms with E-state index in [2.05, 4.69) is 138 Å². The van der Waals surface area contributed by atoms with Crippen LogP contribution in [0.3, 0.4) is 0 Å². The third kappa shape index (κ3) is 4.67. The topological polar surface area (TPSA) is 56.7 Å². The highest BCUT2D eigenvalue weighted by atomic mass is 16.3. The maximum atomic E-state index is 6.26. The van der Waals surface area contributed by atoms with Gasteiger partial charge in [-0.15, -0.1) is 0 Å². The molecule has 0 atom stereocenters. The van der Waals surface area contributed by atoms with Crippen molar-refractivity contribution in [2.45, 2.75) is 0 Å². The van der Waals surface area contributed by atoms with Gasteiger partial charge in [-0.3, -0.25) is 0 Å². The highest BCUT2D eigenvalue weighted by Gasteiger charge is 2.18. The Morgan fingerprint density at radius 2 is 0.900 bits per heavy atom. The van der Waals surface area contributed by atoms with Crippen molar-refractivity contribution in [1.29, 1.82) is 0 Å². The molecule has 10 rings (SSSR count). The van der Waals surface area contributed by atoms with E-state index in [1.54, 1.807) is 0 Å². The average molecular weight is 641 g/mol. The van der Waals surface area contributed by atoms with Crippen LogP contribution >= 0.6 is 0 Å². The number of aromatic nitrogens is 4. The number of hydrogen-bond donors (Lipinski definition) is 0. The summed E-state index contributed by atoms with van der Waals surface area (Å²) in [4.78, 5) is 15.3. The first kappa shape index (κ1) is 28.2. The van der Waals surface area contributed by atoms with Crippen LogP contribution in [0.5, 0.6) is 0 Å². The fourth-order valence-electron chi connectivity index (χ4n) is 7.06. The van der Waals surface area contributed by atoms with E-state index in [9.17, 15) is 0 Å². The van der Waals surface area contributed by atoms with Crippen LogP contribution in [-0.2, 0) is 0 Å². The zero-order chi connectivity index (χ0) is 33.0. The van der Waals surface area contributed by atoms with Crippen molar-refractivity contribution in [3.8, 4) is 51.0 Å². The van der Waals surface area contributed by atoms with Crippen molar-refractivity contribution in [2.24, 2.45) is 0 Å². The van der Waals surface area contributed by atoms with Gasteiger partial charge in [-0.2, -0.15) is 0 Å². The lowest BCUT2D eigenvalue weighted by molar-refractivity contribution is 0.669. The summed E-state index contributed by atoms with van der Waals surface area (Å²) in [7, 11) is 0. The van der Waals surface area contributed by atoms with Gasteiger partial charge in [0.15, 0.2) is 17.5 Å². The van der Waals surface area contributed by atoms with Crippen LogP contribution < -0.4 is 0 Å². The third-order valence-corrected chi connectivity index (χ3v) is 9.45. The van der Waals surface area contributed by atoms with E-state index in [0.717, 1.165) is 71.9 Å². The van der Waals surface area contributed by atoms with Crippen molar-refractivity contribution < 1.29 is 4.42 Å². The van der Waals surface area contributed by atoms with Gasteiger partial charge in [-0.1, -0.05) is 109 Å². The largest absolute Gasteiger partial charge is 0.456 e. The van der Waals surface area contributed by atoms with Gasteiger partial charge >= 0.3 is 0 Å². The van der Waals surface area contributed by atoms with E-state index in [0.29, 0.717) is 17.5 Å². The molecule has 0 radical (unpaired) electrons. The van der Waals surface area contributed by atoms with Crippen LogP contribution in [0.15, 0.2) is 174 Å². The fourth-order valence-corrected chi connectivity index (χ4v) is 7.06. The van der Waals surface area contributed by atoms with Crippen molar-refractivity contribution in [3.05, 3.63) is 170 Å². The van der Waals surface area contributed by atoms with Crippen molar-refractivity contribution in [2.75, 3.05) is 0 Å². The molecule has 5 nitrogen and oxygen atoms in total. The van der Waals surface area contributed by atoms with Crippen molar-refractivity contribution in [3.63, 3.8) is 0 Å². The lowest BCUT2D eigenvalue weighted by atomic mass is 10.0. The molecular formula is C45H28N4O. The average Bonchev–Trinajstić information content (AvgIpc) is 3.73. The Labute approximate surface area is 287 Å². The Kier molecular flexibility index (Phi) is 6.42. The molecule has 0 aliphatic carbocycles. The standard InChI is InChI=1S/C45H28N4O/c1-3-12-29(13-4-1)30-14-11-15-31(26-30)43-46-44(48-45(47-43)33-22-24-37-36-19-8-10-21-41(36)50-42(37)28-33)32-23-25-40-38(27-32)35-18-7-9-20-39(35)49(40)34-16-5-2-6-17-34/h1-28H. The summed E-state index contributed by atoms with van der Waals surface area (Å²) in [6.45, 7) is 0. The van der Waals surface area contributed by atoms with Gasteiger partial charge in [-0.25, -0.2) is 15.0 Å². The van der Waals surface area contributed by atoms with Crippen LogP contribution in [0.1, 0.15) is 0 Å². The summed E-state index contributed by atoms with van der Waals surface area (Å²) in [5, 5.41) is 4.47. The number of para-hydroxylation sites is 3. The Morgan fingerprint density at radius 1 is 0.340 bits per heavy atom. The van der Waals surface area contributed by atoms with Gasteiger partial charge in [0.1, 0.15) is 11.2 Å². The Bertz CT molecular complexity index is 2870. The zero-order valence-corrected chi connectivity index (χ0v) is 26.9. The SMILES string of the molecule is c1ccc(-c2cccc(-c3nc(-c4ccc5c(c4)oc4ccccc45)nc(-c4ccc5c(c4)c4ccccc4n5-c4ccccc4)n3)c2)cc1. The predicted molar refractivity (Wildman–Crippen MR) is 203 cm³/mol. The second-order valence-electron chi connectivity index (χ2n) is 12.5. The summed E-state index contributed by atoms with van der Waals surface area (Å²) in [6, 6.07) is 58.6. The molecule has 0 aliphatic heterocycles. The second kappa shape index (κ2) is 11.4. The van der Waals surface area contributed by atoms with Gasteiger partial charge in [0, 0.05) is 43.9 Å². The maximum absolute atomic E-state index is 6.26. The molecule has 0 saturated heterocycles. The van der Waals surface area contributed by atoms with Crippen molar-refractivity contribution in [1.82, 2.24) is 19.5 Å². The van der Waals surface area contributed by atoms with E-state index < -0.39 is 0 Å². The number of rotatable bonds is 5. The minimum absolute atomic E-state index is 0.587. The highest BCUT2D eigenvalue weighted by molar-refractivity contribution is 6.10. The first-order valence-corrected chi connectivity index (χ1v) is 16.7. The van der Waals surface area contributed by atoms with Gasteiger partial charge in [0.25, 0.3) is 0 Å². The summed E-state index contributed by atoms with van der Waals surface area (Å²) < 4.78 is 8.58. The Hall–Kier alpha value is -6.85. The summed E-state index contributed by atoms with van der Waals surface area (Å²) >= 11 is 0. The molecule has 3 heterocycles. The molecule has 0 amide bonds. The third-order valence-electron chi connectivity index (χ3n) is 9.45. The number of nitrogens with zero attached hydrogens (tertiary/aromatic N) is 4. The number of benzene rings is 7. The lowest BCUT2D eigenvalue weighted by Crippen LogP contribution is -2.00. The lowest BCUT2D eigenvalue weighted by Gasteiger charge is -2.10.